The molecule has 0 fully saturated rings. The quantitative estimate of drug-likeness (QED) is 0.571. The molecule has 6 heteroatoms. The summed E-state index contributed by atoms with van der Waals surface area (Å²) in [4.78, 5) is 25.6. The number of carboxylic acid groups (broad SMARTS) is 1. The second-order valence-corrected chi connectivity index (χ2v) is 4.25. The smallest absolute Gasteiger partial charge is 0.317 e. The lowest BCUT2D eigenvalue weighted by Gasteiger charge is -2.22. The molecule has 17 heavy (non-hydrogen) atoms. The van der Waals surface area contributed by atoms with Gasteiger partial charge in [0.15, 0.2) is 0 Å². The number of rotatable bonds is 9. The van der Waals surface area contributed by atoms with E-state index in [0.717, 1.165) is 6.54 Å². The number of carbonyl (C=O) groups excluding carboxylic acids is 1. The molecule has 6 nitrogen and oxygen atoms in total. The predicted octanol–water partition coefficient (Wildman–Crippen LogP) is -0.539. The Morgan fingerprint density at radius 3 is 2.29 bits per heavy atom. The number of nitrogens with one attached hydrogen (secondary N) is 1. The monoisotopic (exact) mass is 245 g/mol. The average molecular weight is 245 g/mol. The summed E-state index contributed by atoms with van der Waals surface area (Å²) < 4.78 is 0. The van der Waals surface area contributed by atoms with Crippen molar-refractivity contribution in [3.8, 4) is 0 Å². The van der Waals surface area contributed by atoms with E-state index < -0.39 is 5.97 Å². The van der Waals surface area contributed by atoms with Crippen molar-refractivity contribution in [2.45, 2.75) is 12.8 Å². The Morgan fingerprint density at radius 1 is 1.18 bits per heavy atom. The largest absolute Gasteiger partial charge is 0.480 e. The Bertz CT molecular complexity index is 244. The highest BCUT2D eigenvalue weighted by Gasteiger charge is 2.10. The van der Waals surface area contributed by atoms with Crippen LogP contribution in [-0.4, -0.2) is 74.1 Å². The van der Waals surface area contributed by atoms with Gasteiger partial charge in [-0.25, -0.2) is 0 Å². The Morgan fingerprint density at radius 2 is 1.82 bits per heavy atom. The van der Waals surface area contributed by atoms with Gasteiger partial charge in [-0.1, -0.05) is 0 Å². The van der Waals surface area contributed by atoms with Gasteiger partial charge in [-0.2, -0.15) is 0 Å². The number of likely N-dealkylation sites (N-methyl/N-ethyl adjacent to an activating group) is 1. The van der Waals surface area contributed by atoms with Crippen LogP contribution in [0, 0.1) is 0 Å². The van der Waals surface area contributed by atoms with Gasteiger partial charge in [-0.3, -0.25) is 14.5 Å². The molecule has 2 N–H and O–H groups in total. The molecule has 0 aliphatic rings. The molecule has 0 unspecified atom stereocenters. The van der Waals surface area contributed by atoms with Gasteiger partial charge in [0.2, 0.25) is 5.91 Å². The van der Waals surface area contributed by atoms with Gasteiger partial charge in [-0.15, -0.1) is 0 Å². The SMILES string of the molecule is CNC(=O)CCCN(CCN(C)C)CC(=O)O. The minimum atomic E-state index is -0.830. The van der Waals surface area contributed by atoms with Crippen molar-refractivity contribution >= 4 is 11.9 Å². The normalized spacial score (nSPS) is 10.9. The van der Waals surface area contributed by atoms with Crippen molar-refractivity contribution in [3.05, 3.63) is 0 Å². The van der Waals surface area contributed by atoms with Crippen molar-refractivity contribution in [1.29, 1.82) is 0 Å². The lowest BCUT2D eigenvalue weighted by atomic mass is 10.2. The van der Waals surface area contributed by atoms with Crippen LogP contribution in [0.2, 0.25) is 0 Å². The van der Waals surface area contributed by atoms with Crippen LogP contribution in [0.5, 0.6) is 0 Å². The van der Waals surface area contributed by atoms with Crippen LogP contribution in [0.4, 0.5) is 0 Å². The lowest BCUT2D eigenvalue weighted by molar-refractivity contribution is -0.138. The van der Waals surface area contributed by atoms with Crippen LogP contribution in [0.15, 0.2) is 0 Å². The summed E-state index contributed by atoms with van der Waals surface area (Å²) >= 11 is 0. The summed E-state index contributed by atoms with van der Waals surface area (Å²) in [6.07, 6.45) is 1.12. The first kappa shape index (κ1) is 15.9. The molecule has 100 valence electrons. The first-order chi connectivity index (χ1) is 7.95. The topological polar surface area (TPSA) is 72.9 Å². The van der Waals surface area contributed by atoms with E-state index in [1.54, 1.807) is 7.05 Å². The Kier molecular flexibility index (Phi) is 8.35. The summed E-state index contributed by atoms with van der Waals surface area (Å²) in [6.45, 7) is 2.18. The molecule has 0 aliphatic carbocycles. The Labute approximate surface area is 103 Å². The van der Waals surface area contributed by atoms with Gasteiger partial charge >= 0.3 is 5.97 Å². The maximum Gasteiger partial charge on any atom is 0.317 e. The highest BCUT2D eigenvalue weighted by atomic mass is 16.4. The molecule has 0 saturated heterocycles. The van der Waals surface area contributed by atoms with Crippen LogP contribution < -0.4 is 5.32 Å². The predicted molar refractivity (Wildman–Crippen MR) is 65.9 cm³/mol. The molecule has 0 aromatic carbocycles. The molecule has 0 aromatic rings. The van der Waals surface area contributed by atoms with Gasteiger partial charge in [-0.05, 0) is 27.1 Å². The van der Waals surface area contributed by atoms with E-state index in [2.05, 4.69) is 5.32 Å². The molecule has 0 heterocycles. The van der Waals surface area contributed by atoms with E-state index in [1.165, 1.54) is 0 Å². The van der Waals surface area contributed by atoms with E-state index in [9.17, 15) is 9.59 Å². The summed E-state index contributed by atoms with van der Waals surface area (Å²) in [6, 6.07) is 0. The third-order valence-corrected chi connectivity index (χ3v) is 2.38. The van der Waals surface area contributed by atoms with E-state index in [0.29, 0.717) is 25.9 Å². The molecule has 0 rings (SSSR count). The fourth-order valence-corrected chi connectivity index (χ4v) is 1.39. The van der Waals surface area contributed by atoms with Gasteiger partial charge in [0.25, 0.3) is 0 Å². The first-order valence-corrected chi connectivity index (χ1v) is 5.75. The van der Waals surface area contributed by atoms with Crippen LogP contribution in [0.1, 0.15) is 12.8 Å². The van der Waals surface area contributed by atoms with Crippen LogP contribution >= 0.6 is 0 Å². The van der Waals surface area contributed by atoms with Crippen molar-refractivity contribution in [1.82, 2.24) is 15.1 Å². The zero-order chi connectivity index (χ0) is 13.3. The molecule has 0 aromatic heterocycles. The van der Waals surface area contributed by atoms with Gasteiger partial charge in [0, 0.05) is 26.6 Å². The number of hydrogen-bond acceptors (Lipinski definition) is 4. The van der Waals surface area contributed by atoms with Crippen molar-refractivity contribution in [2.24, 2.45) is 0 Å². The molecule has 0 bridgehead atoms. The fourth-order valence-electron chi connectivity index (χ4n) is 1.39. The summed E-state index contributed by atoms with van der Waals surface area (Å²) in [5, 5.41) is 11.3. The average Bonchev–Trinajstić information content (AvgIpc) is 2.24. The highest BCUT2D eigenvalue weighted by molar-refractivity contribution is 5.75. The molecule has 0 aliphatic heterocycles. The third-order valence-electron chi connectivity index (χ3n) is 2.38. The van der Waals surface area contributed by atoms with Crippen molar-refractivity contribution < 1.29 is 14.7 Å². The van der Waals surface area contributed by atoms with E-state index in [4.69, 9.17) is 5.11 Å². The minimum Gasteiger partial charge on any atom is -0.480 e. The second-order valence-electron chi connectivity index (χ2n) is 4.25. The van der Waals surface area contributed by atoms with Crippen molar-refractivity contribution in [3.63, 3.8) is 0 Å². The fraction of sp³-hybridized carbons (Fsp3) is 0.818. The second kappa shape index (κ2) is 8.95. The number of amides is 1. The number of hydrogen-bond donors (Lipinski definition) is 2. The maximum atomic E-state index is 11.0. The number of carboxylic acids is 1. The molecular weight excluding hydrogens is 222 g/mol. The number of carbonyl (C=O) groups is 2. The maximum absolute atomic E-state index is 11.0. The molecule has 0 radical (unpaired) electrons. The van der Waals surface area contributed by atoms with Crippen LogP contribution in [-0.2, 0) is 9.59 Å². The zero-order valence-corrected chi connectivity index (χ0v) is 10.9. The van der Waals surface area contributed by atoms with Gasteiger partial charge in [0.1, 0.15) is 0 Å². The molecular formula is C11H23N3O3. The van der Waals surface area contributed by atoms with Crippen LogP contribution in [0.3, 0.4) is 0 Å². The minimum absolute atomic E-state index is 0.00659. The van der Waals surface area contributed by atoms with E-state index in [1.807, 2.05) is 23.9 Å². The standard InChI is InChI=1S/C11H23N3O3/c1-12-10(15)5-4-6-14(9-11(16)17)8-7-13(2)3/h4-9H2,1-3H3,(H,12,15)(H,16,17). The number of aliphatic carboxylic acids is 1. The third kappa shape index (κ3) is 9.77. The highest BCUT2D eigenvalue weighted by Crippen LogP contribution is 1.96. The molecule has 0 saturated carbocycles. The van der Waals surface area contributed by atoms with Gasteiger partial charge < -0.3 is 15.3 Å². The zero-order valence-electron chi connectivity index (χ0n) is 10.9. The Hall–Kier alpha value is -1.14. The van der Waals surface area contributed by atoms with E-state index in [-0.39, 0.29) is 12.5 Å². The van der Waals surface area contributed by atoms with Crippen molar-refractivity contribution in [2.75, 3.05) is 47.3 Å². The van der Waals surface area contributed by atoms with Gasteiger partial charge in [0.05, 0.1) is 6.54 Å². The summed E-state index contributed by atoms with van der Waals surface area (Å²) in [5.41, 5.74) is 0. The summed E-state index contributed by atoms with van der Waals surface area (Å²) in [7, 11) is 5.50. The summed E-state index contributed by atoms with van der Waals surface area (Å²) in [5.74, 6) is -0.836. The molecule has 0 spiro atoms. The Balaban J connectivity index is 3.92. The lowest BCUT2D eigenvalue weighted by Crippen LogP contribution is -2.36. The number of nitrogens with zero attached hydrogens (tertiary/aromatic N) is 2. The molecule has 0 atom stereocenters. The first-order valence-electron chi connectivity index (χ1n) is 5.75. The molecule has 1 amide bonds. The van der Waals surface area contributed by atoms with E-state index >= 15 is 0 Å². The van der Waals surface area contributed by atoms with Crippen LogP contribution in [0.25, 0.3) is 0 Å².